The van der Waals surface area contributed by atoms with Gasteiger partial charge in [0.1, 0.15) is 0 Å². The van der Waals surface area contributed by atoms with Crippen molar-refractivity contribution >= 4 is 59.3 Å². The molecule has 0 radical (unpaired) electrons. The number of benzene rings is 7. The Morgan fingerprint density at radius 3 is 1.88 bits per heavy atom. The Morgan fingerprint density at radius 1 is 0.458 bits per heavy atom. The van der Waals surface area contributed by atoms with E-state index < -0.39 is 0 Å². The molecule has 10 rings (SSSR count). The van der Waals surface area contributed by atoms with E-state index in [0.717, 1.165) is 0 Å². The molecule has 0 aliphatic heterocycles. The average molecular weight is 634 g/mol. The van der Waals surface area contributed by atoms with Crippen molar-refractivity contribution in [3.05, 3.63) is 162 Å². The van der Waals surface area contributed by atoms with Crippen LogP contribution in [0.3, 0.4) is 0 Å². The van der Waals surface area contributed by atoms with Crippen molar-refractivity contribution in [3.63, 3.8) is 0 Å². The standard InChI is InChI=1S/C46H35NS/c1-45(2)38-18-10-8-15-33(38)36-26-29(22-24-39(36)45)47(30-21-23-34-32-14-7-9-17-37(32)46(3,4)40(34)27-30)41-19-11-16-35-43-31-13-6-5-12-28(31)20-25-42(43)48-44(35)41/h5-27H,1-4H3. The maximum atomic E-state index is 2.52. The van der Waals surface area contributed by atoms with Gasteiger partial charge in [-0.2, -0.15) is 0 Å². The minimum atomic E-state index is -0.0863. The molecule has 1 nitrogen and oxygen atoms in total. The van der Waals surface area contributed by atoms with E-state index in [1.807, 2.05) is 11.3 Å². The number of rotatable bonds is 3. The predicted octanol–water partition coefficient (Wildman–Crippen LogP) is 13.3. The summed E-state index contributed by atoms with van der Waals surface area (Å²) in [6.45, 7) is 9.46. The molecular formula is C46H35NS. The lowest BCUT2D eigenvalue weighted by molar-refractivity contribution is 0.660. The van der Waals surface area contributed by atoms with Crippen molar-refractivity contribution in [1.29, 1.82) is 0 Å². The molecule has 0 saturated heterocycles. The molecule has 2 heteroatoms. The van der Waals surface area contributed by atoms with Crippen molar-refractivity contribution in [3.8, 4) is 22.3 Å². The van der Waals surface area contributed by atoms with Gasteiger partial charge in [-0.25, -0.2) is 0 Å². The van der Waals surface area contributed by atoms with Gasteiger partial charge < -0.3 is 4.90 Å². The molecule has 0 unspecified atom stereocenters. The van der Waals surface area contributed by atoms with Gasteiger partial charge in [0.2, 0.25) is 0 Å². The summed E-state index contributed by atoms with van der Waals surface area (Å²) in [6.07, 6.45) is 0. The third kappa shape index (κ3) is 3.67. The van der Waals surface area contributed by atoms with Crippen LogP contribution in [0.15, 0.2) is 140 Å². The Balaban J connectivity index is 1.25. The summed E-state index contributed by atoms with van der Waals surface area (Å²) in [7, 11) is 0. The van der Waals surface area contributed by atoms with Gasteiger partial charge in [0.15, 0.2) is 0 Å². The quantitative estimate of drug-likeness (QED) is 0.187. The van der Waals surface area contributed by atoms with E-state index in [0.29, 0.717) is 0 Å². The lowest BCUT2D eigenvalue weighted by Crippen LogP contribution is -2.17. The third-order valence-electron chi connectivity index (χ3n) is 11.3. The summed E-state index contributed by atoms with van der Waals surface area (Å²) in [5, 5.41) is 5.27. The summed E-state index contributed by atoms with van der Waals surface area (Å²) >= 11 is 1.91. The van der Waals surface area contributed by atoms with E-state index in [1.165, 1.54) is 92.5 Å². The number of hydrogen-bond acceptors (Lipinski definition) is 2. The minimum absolute atomic E-state index is 0.0365. The number of anilines is 3. The summed E-state index contributed by atoms with van der Waals surface area (Å²) in [6, 6.07) is 52.4. The molecule has 0 spiro atoms. The average Bonchev–Trinajstić information content (AvgIpc) is 3.69. The van der Waals surface area contributed by atoms with Gasteiger partial charge in [0.05, 0.1) is 10.4 Å². The van der Waals surface area contributed by atoms with E-state index >= 15 is 0 Å². The van der Waals surface area contributed by atoms with Crippen LogP contribution in [0.5, 0.6) is 0 Å². The fraction of sp³-hybridized carbons (Fsp3) is 0.130. The van der Waals surface area contributed by atoms with E-state index in [1.54, 1.807) is 0 Å². The normalized spacial score (nSPS) is 15.0. The highest BCUT2D eigenvalue weighted by molar-refractivity contribution is 7.26. The first-order valence-corrected chi connectivity index (χ1v) is 17.8. The topological polar surface area (TPSA) is 3.24 Å². The van der Waals surface area contributed by atoms with E-state index in [9.17, 15) is 0 Å². The highest BCUT2D eigenvalue weighted by Crippen LogP contribution is 2.54. The second-order valence-electron chi connectivity index (χ2n) is 14.6. The molecular weight excluding hydrogens is 599 g/mol. The summed E-state index contributed by atoms with van der Waals surface area (Å²) in [5.74, 6) is 0. The highest BCUT2D eigenvalue weighted by Gasteiger charge is 2.37. The van der Waals surface area contributed by atoms with Crippen LogP contribution in [-0.4, -0.2) is 0 Å². The van der Waals surface area contributed by atoms with Crippen LogP contribution in [0.2, 0.25) is 0 Å². The molecule has 8 aromatic rings. The predicted molar refractivity (Wildman–Crippen MR) is 207 cm³/mol. The van der Waals surface area contributed by atoms with E-state index in [-0.39, 0.29) is 10.8 Å². The molecule has 1 heterocycles. The molecule has 0 saturated carbocycles. The summed E-state index contributed by atoms with van der Waals surface area (Å²) in [5.41, 5.74) is 14.4. The van der Waals surface area contributed by atoms with Gasteiger partial charge in [0.25, 0.3) is 0 Å². The van der Waals surface area contributed by atoms with E-state index in [2.05, 4.69) is 172 Å². The Labute approximate surface area is 285 Å². The molecule has 7 aromatic carbocycles. The lowest BCUT2D eigenvalue weighted by Gasteiger charge is -2.29. The van der Waals surface area contributed by atoms with Crippen LogP contribution in [0, 0.1) is 0 Å². The van der Waals surface area contributed by atoms with Gasteiger partial charge >= 0.3 is 0 Å². The second kappa shape index (κ2) is 9.69. The van der Waals surface area contributed by atoms with Gasteiger partial charge in [-0.1, -0.05) is 131 Å². The third-order valence-corrected chi connectivity index (χ3v) is 12.5. The van der Waals surface area contributed by atoms with Crippen LogP contribution in [-0.2, 0) is 10.8 Å². The Bertz CT molecular complexity index is 2630. The van der Waals surface area contributed by atoms with Crippen LogP contribution < -0.4 is 4.90 Å². The molecule has 230 valence electrons. The molecule has 2 aliphatic rings. The zero-order valence-electron chi connectivity index (χ0n) is 27.6. The Morgan fingerprint density at radius 2 is 1.06 bits per heavy atom. The first-order chi connectivity index (χ1) is 23.3. The van der Waals surface area contributed by atoms with Gasteiger partial charge in [-0.3, -0.25) is 0 Å². The minimum Gasteiger partial charge on any atom is -0.309 e. The monoisotopic (exact) mass is 633 g/mol. The zero-order chi connectivity index (χ0) is 32.4. The highest BCUT2D eigenvalue weighted by atomic mass is 32.1. The first kappa shape index (κ1) is 27.9. The smallest absolute Gasteiger partial charge is 0.0640 e. The number of nitrogens with zero attached hydrogens (tertiary/aromatic N) is 1. The molecule has 0 N–H and O–H groups in total. The molecule has 1 aromatic heterocycles. The van der Waals surface area contributed by atoms with Crippen LogP contribution in [0.1, 0.15) is 49.9 Å². The van der Waals surface area contributed by atoms with Crippen LogP contribution >= 0.6 is 11.3 Å². The van der Waals surface area contributed by atoms with Crippen molar-refractivity contribution in [2.45, 2.75) is 38.5 Å². The van der Waals surface area contributed by atoms with Crippen LogP contribution in [0.4, 0.5) is 17.1 Å². The van der Waals surface area contributed by atoms with Crippen molar-refractivity contribution in [2.24, 2.45) is 0 Å². The second-order valence-corrected chi connectivity index (χ2v) is 15.6. The molecule has 2 aliphatic carbocycles. The number of fused-ring (bicyclic) bond motifs is 11. The van der Waals surface area contributed by atoms with Gasteiger partial charge in [-0.05, 0) is 91.7 Å². The first-order valence-electron chi connectivity index (χ1n) is 16.9. The number of hydrogen-bond donors (Lipinski definition) is 0. The SMILES string of the molecule is CC1(C)c2ccccc2-c2cc(N(c3ccc4c(c3)C(C)(C)c3ccccc3-4)c3cccc4c3sc3ccc5ccccc5c34)ccc21. The fourth-order valence-electron chi connectivity index (χ4n) is 8.84. The van der Waals surface area contributed by atoms with Crippen molar-refractivity contribution < 1.29 is 0 Å². The maximum Gasteiger partial charge on any atom is 0.0640 e. The molecule has 48 heavy (non-hydrogen) atoms. The molecule has 0 amide bonds. The van der Waals surface area contributed by atoms with Crippen molar-refractivity contribution in [1.82, 2.24) is 0 Å². The largest absolute Gasteiger partial charge is 0.309 e. The number of thiophene rings is 1. The molecule has 0 atom stereocenters. The summed E-state index contributed by atoms with van der Waals surface area (Å²) in [4.78, 5) is 2.52. The van der Waals surface area contributed by atoms with Crippen LogP contribution in [0.25, 0.3) is 53.2 Å². The zero-order valence-corrected chi connectivity index (χ0v) is 28.5. The lowest BCUT2D eigenvalue weighted by atomic mass is 9.82. The van der Waals surface area contributed by atoms with Gasteiger partial charge in [-0.15, -0.1) is 11.3 Å². The maximum absolute atomic E-state index is 2.52. The van der Waals surface area contributed by atoms with Gasteiger partial charge in [0, 0.05) is 37.7 Å². The fourth-order valence-corrected chi connectivity index (χ4v) is 10.1. The molecule has 0 fully saturated rings. The van der Waals surface area contributed by atoms with E-state index in [4.69, 9.17) is 0 Å². The summed E-state index contributed by atoms with van der Waals surface area (Å²) < 4.78 is 2.64. The Hall–Kier alpha value is -5.18. The Kier molecular flexibility index (Phi) is 5.63. The molecule has 0 bridgehead atoms. The van der Waals surface area contributed by atoms with Crippen molar-refractivity contribution in [2.75, 3.05) is 4.90 Å².